The summed E-state index contributed by atoms with van der Waals surface area (Å²) >= 11 is 3.41. The highest BCUT2D eigenvalue weighted by Gasteiger charge is 2.64. The monoisotopic (exact) mass is 542 g/mol. The Hall–Kier alpha value is -3.91. The van der Waals surface area contributed by atoms with Gasteiger partial charge in [-0.15, -0.1) is 0 Å². The third-order valence-corrected chi connectivity index (χ3v) is 8.00. The first-order chi connectivity index (χ1) is 17.5. The summed E-state index contributed by atoms with van der Waals surface area (Å²) < 4.78 is 11.7. The molecule has 7 nitrogen and oxygen atoms in total. The predicted molar refractivity (Wildman–Crippen MR) is 134 cm³/mol. The van der Waals surface area contributed by atoms with E-state index in [0.29, 0.717) is 22.7 Å². The molecule has 0 aromatic heterocycles. The quantitative estimate of drug-likeness (QED) is 0.356. The summed E-state index contributed by atoms with van der Waals surface area (Å²) in [6.45, 7) is 0.0931. The number of fused-ring (bicyclic) bond motifs is 6. The molecule has 0 saturated carbocycles. The van der Waals surface area contributed by atoms with Crippen LogP contribution in [-0.4, -0.2) is 35.3 Å². The number of ketones is 1. The van der Waals surface area contributed by atoms with Crippen LogP contribution < -0.4 is 14.4 Å². The van der Waals surface area contributed by atoms with Crippen LogP contribution in [0.1, 0.15) is 27.5 Å². The second-order valence-electron chi connectivity index (χ2n) is 9.25. The lowest BCUT2D eigenvalue weighted by Gasteiger charge is -2.35. The number of hydrogen-bond donors (Lipinski definition) is 0. The molecule has 0 aliphatic carbocycles. The molecule has 3 aromatic rings. The molecule has 4 aliphatic rings. The van der Waals surface area contributed by atoms with E-state index in [1.807, 2.05) is 41.4 Å². The molecule has 8 heteroatoms. The molecule has 2 saturated heterocycles. The molecule has 2 fully saturated rings. The molecule has 3 aromatic carbocycles. The Balaban J connectivity index is 1.36. The molecule has 4 atom stereocenters. The van der Waals surface area contributed by atoms with E-state index >= 15 is 0 Å². The van der Waals surface area contributed by atoms with Crippen LogP contribution in [0.2, 0.25) is 0 Å². The van der Waals surface area contributed by atoms with Gasteiger partial charge in [-0.1, -0.05) is 52.3 Å². The van der Waals surface area contributed by atoms with Gasteiger partial charge < -0.3 is 14.4 Å². The van der Waals surface area contributed by atoms with Gasteiger partial charge in [0.2, 0.25) is 18.6 Å². The van der Waals surface area contributed by atoms with Crippen molar-refractivity contribution < 1.29 is 23.9 Å². The summed E-state index contributed by atoms with van der Waals surface area (Å²) in [5.74, 6) is -1.33. The molecule has 2 amide bonds. The number of imide groups is 1. The standard InChI is InChI=1S/C28H19BrN2O5/c29-17-7-5-16(6-8-17)26(32)25-23-22(24-19-4-2-1-3-15(19)11-12-30(24)25)27(33)31(28(23)34)18-9-10-20-21(13-18)36-14-35-20/h1-13,22-25H,14H2. The lowest BCUT2D eigenvalue weighted by molar-refractivity contribution is -0.123. The molecule has 4 aliphatic heterocycles. The summed E-state index contributed by atoms with van der Waals surface area (Å²) in [7, 11) is 0. The maximum atomic E-state index is 14.0. The molecular weight excluding hydrogens is 524 g/mol. The van der Waals surface area contributed by atoms with Gasteiger partial charge in [-0.2, -0.15) is 0 Å². The van der Waals surface area contributed by atoms with Crippen LogP contribution in [0.25, 0.3) is 6.08 Å². The Labute approximate surface area is 215 Å². The third-order valence-electron chi connectivity index (χ3n) is 7.47. The van der Waals surface area contributed by atoms with Crippen molar-refractivity contribution in [3.05, 3.63) is 94.1 Å². The van der Waals surface area contributed by atoms with Crippen LogP contribution in [0.15, 0.2) is 77.4 Å². The number of anilines is 1. The summed E-state index contributed by atoms with van der Waals surface area (Å²) in [5.41, 5.74) is 2.84. The van der Waals surface area contributed by atoms with E-state index in [1.54, 1.807) is 42.5 Å². The van der Waals surface area contributed by atoms with Gasteiger partial charge in [-0.05, 0) is 41.5 Å². The van der Waals surface area contributed by atoms with Crippen LogP contribution in [0.5, 0.6) is 11.5 Å². The van der Waals surface area contributed by atoms with Crippen molar-refractivity contribution in [3.63, 3.8) is 0 Å². The highest BCUT2D eigenvalue weighted by atomic mass is 79.9. The number of nitrogens with zero attached hydrogens (tertiary/aromatic N) is 2. The average Bonchev–Trinajstić information content (AvgIpc) is 3.57. The summed E-state index contributed by atoms with van der Waals surface area (Å²) in [4.78, 5) is 45.0. The molecule has 178 valence electrons. The minimum absolute atomic E-state index is 0.0931. The van der Waals surface area contributed by atoms with Crippen molar-refractivity contribution >= 4 is 45.3 Å². The number of amides is 2. The third kappa shape index (κ3) is 2.94. The first-order valence-electron chi connectivity index (χ1n) is 11.6. The molecular formula is C28H19BrN2O5. The van der Waals surface area contributed by atoms with Crippen LogP contribution >= 0.6 is 15.9 Å². The van der Waals surface area contributed by atoms with Gasteiger partial charge in [0.15, 0.2) is 17.3 Å². The lowest BCUT2D eigenvalue weighted by Crippen LogP contribution is -2.44. The van der Waals surface area contributed by atoms with Crippen LogP contribution in [0.4, 0.5) is 5.69 Å². The maximum Gasteiger partial charge on any atom is 0.240 e. The van der Waals surface area contributed by atoms with Crippen molar-refractivity contribution in [1.82, 2.24) is 4.90 Å². The lowest BCUT2D eigenvalue weighted by atomic mass is 9.83. The molecule has 0 bridgehead atoms. The second kappa shape index (κ2) is 7.80. The summed E-state index contributed by atoms with van der Waals surface area (Å²) in [6, 6.07) is 18.7. The van der Waals surface area contributed by atoms with Gasteiger partial charge in [0.05, 0.1) is 23.6 Å². The molecule has 36 heavy (non-hydrogen) atoms. The predicted octanol–water partition coefficient (Wildman–Crippen LogP) is 4.58. The number of halogens is 1. The van der Waals surface area contributed by atoms with E-state index in [2.05, 4.69) is 15.9 Å². The number of Topliss-reactive ketones (excluding diaryl/α,β-unsaturated/α-hetero) is 1. The first kappa shape index (κ1) is 21.4. The molecule has 0 spiro atoms. The average molecular weight is 543 g/mol. The van der Waals surface area contributed by atoms with E-state index in [0.717, 1.165) is 15.6 Å². The van der Waals surface area contributed by atoms with Crippen LogP contribution in [-0.2, 0) is 9.59 Å². The highest BCUT2D eigenvalue weighted by Crippen LogP contribution is 2.54. The SMILES string of the molecule is O=C(c1ccc(Br)cc1)C1C2C(=O)N(c3ccc4c(c3)OCO4)C(=O)C2C2c3ccccc3C=CN12. The number of ether oxygens (including phenoxy) is 2. The first-order valence-corrected chi connectivity index (χ1v) is 12.4. The van der Waals surface area contributed by atoms with E-state index < -0.39 is 23.9 Å². The number of rotatable bonds is 3. The molecule has 0 radical (unpaired) electrons. The van der Waals surface area contributed by atoms with Gasteiger partial charge in [0.25, 0.3) is 0 Å². The summed E-state index contributed by atoms with van der Waals surface area (Å²) in [6.07, 6.45) is 3.80. The normalized spacial score (nSPS) is 25.1. The Bertz CT molecular complexity index is 1480. The fourth-order valence-electron chi connectivity index (χ4n) is 5.92. The van der Waals surface area contributed by atoms with Gasteiger partial charge in [0, 0.05) is 22.3 Å². The fraction of sp³-hybridized carbons (Fsp3) is 0.179. The zero-order valence-electron chi connectivity index (χ0n) is 18.8. The Morgan fingerprint density at radius 2 is 1.64 bits per heavy atom. The Morgan fingerprint density at radius 1 is 0.889 bits per heavy atom. The van der Waals surface area contributed by atoms with Crippen LogP contribution in [0.3, 0.4) is 0 Å². The molecule has 4 unspecified atom stereocenters. The maximum absolute atomic E-state index is 14.0. The number of benzene rings is 3. The Morgan fingerprint density at radius 3 is 2.47 bits per heavy atom. The highest BCUT2D eigenvalue weighted by molar-refractivity contribution is 9.10. The largest absolute Gasteiger partial charge is 0.454 e. The number of carbonyl (C=O) groups is 3. The van der Waals surface area contributed by atoms with Crippen molar-refractivity contribution in [3.8, 4) is 11.5 Å². The topological polar surface area (TPSA) is 76.1 Å². The van der Waals surface area contributed by atoms with E-state index in [9.17, 15) is 14.4 Å². The Kier molecular flexibility index (Phi) is 4.63. The van der Waals surface area contributed by atoms with Crippen molar-refractivity contribution in [2.45, 2.75) is 12.1 Å². The van der Waals surface area contributed by atoms with Gasteiger partial charge in [-0.25, -0.2) is 4.90 Å². The molecule has 0 N–H and O–H groups in total. The van der Waals surface area contributed by atoms with Crippen LogP contribution in [0, 0.1) is 11.8 Å². The smallest absolute Gasteiger partial charge is 0.240 e. The van der Waals surface area contributed by atoms with E-state index in [-0.39, 0.29) is 24.4 Å². The minimum atomic E-state index is -0.820. The van der Waals surface area contributed by atoms with Crippen molar-refractivity contribution in [2.75, 3.05) is 11.7 Å². The fourth-order valence-corrected chi connectivity index (χ4v) is 6.19. The summed E-state index contributed by atoms with van der Waals surface area (Å²) in [5, 5.41) is 0. The van der Waals surface area contributed by atoms with Gasteiger partial charge >= 0.3 is 0 Å². The molecule has 7 rings (SSSR count). The van der Waals surface area contributed by atoms with Crippen molar-refractivity contribution in [2.24, 2.45) is 11.8 Å². The molecule has 4 heterocycles. The van der Waals surface area contributed by atoms with Gasteiger partial charge in [0.1, 0.15) is 6.04 Å². The van der Waals surface area contributed by atoms with Gasteiger partial charge in [-0.3, -0.25) is 14.4 Å². The zero-order chi connectivity index (χ0) is 24.6. The zero-order valence-corrected chi connectivity index (χ0v) is 20.4. The van der Waals surface area contributed by atoms with E-state index in [4.69, 9.17) is 9.47 Å². The number of hydrogen-bond acceptors (Lipinski definition) is 6. The number of carbonyl (C=O) groups excluding carboxylic acids is 3. The van der Waals surface area contributed by atoms with Crippen molar-refractivity contribution in [1.29, 1.82) is 0 Å². The minimum Gasteiger partial charge on any atom is -0.454 e. The second-order valence-corrected chi connectivity index (χ2v) is 10.2. The van der Waals surface area contributed by atoms with E-state index in [1.165, 1.54) is 4.90 Å².